The number of nitrogens with one attached hydrogen (secondary N) is 2. The number of anilines is 2. The molecule has 1 aromatic heterocycles. The fraction of sp³-hybridized carbons (Fsp3) is 0.273. The molecule has 0 spiro atoms. The van der Waals surface area contributed by atoms with E-state index in [2.05, 4.69) is 15.6 Å². The number of aromatic nitrogens is 1. The zero-order valence-corrected chi connectivity index (χ0v) is 16.5. The van der Waals surface area contributed by atoms with Gasteiger partial charge in [0.05, 0.1) is 23.4 Å². The lowest BCUT2D eigenvalue weighted by Crippen LogP contribution is -2.27. The second kappa shape index (κ2) is 7.08. The Hall–Kier alpha value is -2.63. The van der Waals surface area contributed by atoms with Crippen LogP contribution < -0.4 is 10.6 Å². The van der Waals surface area contributed by atoms with Crippen LogP contribution in [-0.4, -0.2) is 22.5 Å². The molecule has 2 heterocycles. The van der Waals surface area contributed by atoms with Crippen LogP contribution in [-0.2, 0) is 10.4 Å². The topological polar surface area (TPSA) is 74.2 Å². The Morgan fingerprint density at radius 2 is 2.07 bits per heavy atom. The van der Waals surface area contributed by atoms with E-state index in [0.717, 1.165) is 34.1 Å². The van der Waals surface area contributed by atoms with Crippen LogP contribution in [0.25, 0.3) is 10.8 Å². The van der Waals surface area contributed by atoms with E-state index >= 15 is 0 Å². The quantitative estimate of drug-likeness (QED) is 0.603. The van der Waals surface area contributed by atoms with E-state index in [1.165, 1.54) is 0 Å². The summed E-state index contributed by atoms with van der Waals surface area (Å²) in [7, 11) is 0. The van der Waals surface area contributed by atoms with Gasteiger partial charge in [-0.2, -0.15) is 0 Å². The van der Waals surface area contributed by atoms with Crippen molar-refractivity contribution in [3.8, 4) is 0 Å². The first-order valence-corrected chi connectivity index (χ1v) is 9.65. The molecule has 0 saturated heterocycles. The van der Waals surface area contributed by atoms with Crippen molar-refractivity contribution >= 4 is 39.7 Å². The maximum Gasteiger partial charge on any atom is 0.232 e. The zero-order chi connectivity index (χ0) is 19.9. The number of carbonyl (C=O) groups excluding carboxylic acids is 1. The van der Waals surface area contributed by atoms with Crippen molar-refractivity contribution < 1.29 is 9.90 Å². The minimum Gasteiger partial charge on any atom is -0.386 e. The van der Waals surface area contributed by atoms with Crippen LogP contribution in [0.5, 0.6) is 0 Å². The summed E-state index contributed by atoms with van der Waals surface area (Å²) in [5, 5.41) is 19.1. The molecule has 4 rings (SSSR count). The van der Waals surface area contributed by atoms with Crippen molar-refractivity contribution in [2.45, 2.75) is 31.8 Å². The molecule has 1 amide bonds. The number of benzene rings is 2. The standard InChI is InChI=1S/C22H22ClN3O2/c1-22(2,28)14-4-3-13-11-24-12-20(17(13)9-14)26-21(27)16-7-8-25-19-6-5-15(23)10-18(16)19/h3-6,9-12,16,25,28H,7-8H2,1-2H3,(H,26,27)/t16-/m1/s1. The Morgan fingerprint density at radius 3 is 2.86 bits per heavy atom. The molecule has 1 aliphatic heterocycles. The van der Waals surface area contributed by atoms with Crippen LogP contribution in [0.15, 0.2) is 48.8 Å². The summed E-state index contributed by atoms with van der Waals surface area (Å²) in [6.07, 6.45) is 4.08. The molecule has 28 heavy (non-hydrogen) atoms. The van der Waals surface area contributed by atoms with Crippen molar-refractivity contribution in [3.63, 3.8) is 0 Å². The third-order valence-corrected chi connectivity index (χ3v) is 5.41. The molecular formula is C22H22ClN3O2. The molecular weight excluding hydrogens is 374 g/mol. The number of nitrogens with zero attached hydrogens (tertiary/aromatic N) is 1. The highest BCUT2D eigenvalue weighted by atomic mass is 35.5. The number of rotatable bonds is 3. The Balaban J connectivity index is 1.69. The van der Waals surface area contributed by atoms with Gasteiger partial charge < -0.3 is 15.7 Å². The van der Waals surface area contributed by atoms with Crippen LogP contribution in [0.4, 0.5) is 11.4 Å². The van der Waals surface area contributed by atoms with Gasteiger partial charge in [-0.15, -0.1) is 0 Å². The number of hydrogen-bond donors (Lipinski definition) is 3. The molecule has 3 aromatic rings. The number of amides is 1. The van der Waals surface area contributed by atoms with Crippen LogP contribution in [0.3, 0.4) is 0 Å². The molecule has 0 bridgehead atoms. The highest BCUT2D eigenvalue weighted by molar-refractivity contribution is 6.30. The first-order valence-electron chi connectivity index (χ1n) is 9.28. The van der Waals surface area contributed by atoms with Gasteiger partial charge in [-0.1, -0.05) is 23.7 Å². The summed E-state index contributed by atoms with van der Waals surface area (Å²) in [4.78, 5) is 17.4. The summed E-state index contributed by atoms with van der Waals surface area (Å²) in [6.45, 7) is 4.20. The SMILES string of the molecule is CC(C)(O)c1ccc2cncc(NC(=O)[C@@H]3CCNc4ccc(Cl)cc43)c2c1. The van der Waals surface area contributed by atoms with Crippen molar-refractivity contribution in [2.24, 2.45) is 0 Å². The van der Waals surface area contributed by atoms with Crippen molar-refractivity contribution in [3.05, 3.63) is 64.9 Å². The maximum absolute atomic E-state index is 13.1. The third kappa shape index (κ3) is 3.55. The molecule has 1 aliphatic rings. The molecule has 3 N–H and O–H groups in total. The predicted molar refractivity (Wildman–Crippen MR) is 113 cm³/mol. The predicted octanol–water partition coefficient (Wildman–Crippen LogP) is 4.65. The van der Waals surface area contributed by atoms with E-state index in [1.807, 2.05) is 36.4 Å². The Labute approximate surface area is 168 Å². The first-order chi connectivity index (χ1) is 13.3. The summed E-state index contributed by atoms with van der Waals surface area (Å²) in [5.41, 5.74) is 2.29. The largest absolute Gasteiger partial charge is 0.386 e. The average molecular weight is 396 g/mol. The van der Waals surface area contributed by atoms with E-state index in [4.69, 9.17) is 11.6 Å². The highest BCUT2D eigenvalue weighted by Crippen LogP contribution is 2.35. The van der Waals surface area contributed by atoms with Crippen LogP contribution >= 0.6 is 11.6 Å². The average Bonchev–Trinajstić information content (AvgIpc) is 2.66. The summed E-state index contributed by atoms with van der Waals surface area (Å²) in [5.74, 6) is -0.379. The third-order valence-electron chi connectivity index (χ3n) is 5.18. The lowest BCUT2D eigenvalue weighted by Gasteiger charge is -2.26. The molecule has 0 unspecified atom stereocenters. The van der Waals surface area contributed by atoms with Crippen molar-refractivity contribution in [1.82, 2.24) is 4.98 Å². The molecule has 2 aromatic carbocycles. The second-order valence-electron chi connectivity index (χ2n) is 7.67. The number of hydrogen-bond acceptors (Lipinski definition) is 4. The summed E-state index contributed by atoms with van der Waals surface area (Å²) >= 11 is 6.15. The number of pyridine rings is 1. The monoisotopic (exact) mass is 395 g/mol. The normalized spacial score (nSPS) is 16.4. The fourth-order valence-corrected chi connectivity index (χ4v) is 3.81. The Kier molecular flexibility index (Phi) is 4.73. The van der Waals surface area contributed by atoms with Gasteiger partial charge in [0.1, 0.15) is 0 Å². The maximum atomic E-state index is 13.1. The molecule has 6 heteroatoms. The summed E-state index contributed by atoms with van der Waals surface area (Å²) < 4.78 is 0. The smallest absolute Gasteiger partial charge is 0.232 e. The molecule has 0 aliphatic carbocycles. The van der Waals surface area contributed by atoms with Crippen molar-refractivity contribution in [2.75, 3.05) is 17.2 Å². The van der Waals surface area contributed by atoms with Gasteiger partial charge in [0, 0.05) is 34.2 Å². The second-order valence-corrected chi connectivity index (χ2v) is 8.11. The van der Waals surface area contributed by atoms with E-state index < -0.39 is 5.60 Å². The number of halogens is 1. The van der Waals surface area contributed by atoms with Gasteiger partial charge in [0.15, 0.2) is 0 Å². The molecule has 0 saturated carbocycles. The molecule has 1 atom stereocenters. The van der Waals surface area contributed by atoms with Gasteiger partial charge in [0.2, 0.25) is 5.91 Å². The van der Waals surface area contributed by atoms with E-state index in [-0.39, 0.29) is 11.8 Å². The van der Waals surface area contributed by atoms with Gasteiger partial charge in [-0.3, -0.25) is 9.78 Å². The Morgan fingerprint density at radius 1 is 1.25 bits per heavy atom. The number of fused-ring (bicyclic) bond motifs is 2. The van der Waals surface area contributed by atoms with Gasteiger partial charge in [-0.25, -0.2) is 0 Å². The highest BCUT2D eigenvalue weighted by Gasteiger charge is 2.27. The lowest BCUT2D eigenvalue weighted by molar-refractivity contribution is -0.117. The number of carbonyl (C=O) groups is 1. The zero-order valence-electron chi connectivity index (χ0n) is 15.8. The van der Waals surface area contributed by atoms with Gasteiger partial charge in [-0.05, 0) is 55.7 Å². The van der Waals surface area contributed by atoms with Gasteiger partial charge >= 0.3 is 0 Å². The minimum atomic E-state index is -0.969. The molecule has 144 valence electrons. The van der Waals surface area contributed by atoms with Gasteiger partial charge in [0.25, 0.3) is 0 Å². The van der Waals surface area contributed by atoms with Crippen LogP contribution in [0.1, 0.15) is 37.3 Å². The van der Waals surface area contributed by atoms with E-state index in [0.29, 0.717) is 17.1 Å². The molecule has 5 nitrogen and oxygen atoms in total. The molecule has 0 radical (unpaired) electrons. The van der Waals surface area contributed by atoms with Crippen LogP contribution in [0.2, 0.25) is 5.02 Å². The number of aliphatic hydroxyl groups is 1. The van der Waals surface area contributed by atoms with E-state index in [9.17, 15) is 9.90 Å². The fourth-order valence-electron chi connectivity index (χ4n) is 3.63. The van der Waals surface area contributed by atoms with Crippen LogP contribution in [0, 0.1) is 0 Å². The van der Waals surface area contributed by atoms with Crippen molar-refractivity contribution in [1.29, 1.82) is 0 Å². The Bertz CT molecular complexity index is 1060. The lowest BCUT2D eigenvalue weighted by atomic mass is 9.90. The minimum absolute atomic E-state index is 0.0898. The molecule has 0 fully saturated rings. The van der Waals surface area contributed by atoms with E-state index in [1.54, 1.807) is 26.2 Å². The summed E-state index contributed by atoms with van der Waals surface area (Å²) in [6, 6.07) is 11.3. The first kappa shape index (κ1) is 18.7.